The van der Waals surface area contributed by atoms with Crippen LogP contribution in [0.15, 0.2) is 0 Å². The van der Waals surface area contributed by atoms with Crippen molar-refractivity contribution in [3.63, 3.8) is 0 Å². The van der Waals surface area contributed by atoms with Gasteiger partial charge in [-0.25, -0.2) is 8.42 Å². The first-order valence-electron chi connectivity index (χ1n) is 6.56. The molecule has 1 aliphatic heterocycles. The average Bonchev–Trinajstić information content (AvgIpc) is 2.28. The Morgan fingerprint density at radius 3 is 2.33 bits per heavy atom. The van der Waals surface area contributed by atoms with Crippen LogP contribution in [0.3, 0.4) is 0 Å². The summed E-state index contributed by atoms with van der Waals surface area (Å²) in [5.41, 5.74) is 0. The Labute approximate surface area is 111 Å². The number of ether oxygens (including phenoxy) is 1. The topological polar surface area (TPSA) is 58.6 Å². The number of morpholine rings is 1. The summed E-state index contributed by atoms with van der Waals surface area (Å²) in [6.45, 7) is 11.1. The van der Waals surface area contributed by atoms with Crippen molar-refractivity contribution < 1.29 is 13.2 Å². The summed E-state index contributed by atoms with van der Waals surface area (Å²) >= 11 is 0. The molecule has 0 aromatic rings. The van der Waals surface area contributed by atoms with Crippen molar-refractivity contribution in [3.8, 4) is 0 Å². The summed E-state index contributed by atoms with van der Waals surface area (Å²) in [5, 5.41) is 3.20. The van der Waals surface area contributed by atoms with Crippen LogP contribution in [0, 0.1) is 0 Å². The molecule has 0 aromatic carbocycles. The van der Waals surface area contributed by atoms with Gasteiger partial charge in [-0.2, -0.15) is 0 Å². The third-order valence-electron chi connectivity index (χ3n) is 3.19. The summed E-state index contributed by atoms with van der Waals surface area (Å²) in [5.74, 6) is 0.208. The van der Waals surface area contributed by atoms with Crippen molar-refractivity contribution in [2.75, 3.05) is 51.7 Å². The zero-order valence-electron chi connectivity index (χ0n) is 11.7. The lowest BCUT2D eigenvalue weighted by Gasteiger charge is -2.26. The first-order valence-corrected chi connectivity index (χ1v) is 8.21. The van der Waals surface area contributed by atoms with Gasteiger partial charge < -0.3 is 10.1 Å². The molecule has 1 aliphatic rings. The van der Waals surface area contributed by atoms with Gasteiger partial charge in [-0.1, -0.05) is 0 Å². The van der Waals surface area contributed by atoms with Gasteiger partial charge in [-0.15, -0.1) is 0 Å². The van der Waals surface area contributed by atoms with Crippen LogP contribution in [0.4, 0.5) is 0 Å². The van der Waals surface area contributed by atoms with Crippen LogP contribution >= 0.6 is 0 Å². The number of nitrogens with zero attached hydrogens (tertiary/aromatic N) is 1. The summed E-state index contributed by atoms with van der Waals surface area (Å²) in [6.07, 6.45) is 0. The number of hydrogen-bond acceptors (Lipinski definition) is 5. The zero-order valence-corrected chi connectivity index (χ0v) is 12.6. The van der Waals surface area contributed by atoms with E-state index >= 15 is 0 Å². The van der Waals surface area contributed by atoms with Crippen LogP contribution in [-0.4, -0.2) is 69.8 Å². The highest BCUT2D eigenvalue weighted by atomic mass is 32.2. The lowest BCUT2D eigenvalue weighted by Crippen LogP contribution is -2.41. The Morgan fingerprint density at radius 1 is 1.17 bits per heavy atom. The van der Waals surface area contributed by atoms with Gasteiger partial charge in [0.1, 0.15) is 0 Å². The maximum atomic E-state index is 11.8. The molecule has 0 saturated carbocycles. The molecule has 1 fully saturated rings. The fraction of sp³-hybridized carbons (Fsp3) is 1.00. The summed E-state index contributed by atoms with van der Waals surface area (Å²) in [4.78, 5) is 2.33. The van der Waals surface area contributed by atoms with Gasteiger partial charge in [0, 0.05) is 32.7 Å². The molecule has 0 unspecified atom stereocenters. The van der Waals surface area contributed by atoms with E-state index < -0.39 is 14.6 Å². The van der Waals surface area contributed by atoms with E-state index in [4.69, 9.17) is 4.74 Å². The first kappa shape index (κ1) is 15.9. The second-order valence-electron chi connectivity index (χ2n) is 5.64. The van der Waals surface area contributed by atoms with E-state index in [1.165, 1.54) is 0 Å². The van der Waals surface area contributed by atoms with Crippen LogP contribution < -0.4 is 5.32 Å². The quantitative estimate of drug-likeness (QED) is 0.700. The molecule has 1 rings (SSSR count). The predicted octanol–water partition coefficient (Wildman–Crippen LogP) is 0.122. The van der Waals surface area contributed by atoms with E-state index in [0.717, 1.165) is 39.4 Å². The molecular weight excluding hydrogens is 252 g/mol. The molecule has 1 N–H and O–H groups in total. The molecule has 0 radical (unpaired) electrons. The molecule has 18 heavy (non-hydrogen) atoms. The molecule has 108 valence electrons. The highest BCUT2D eigenvalue weighted by Crippen LogP contribution is 2.15. The largest absolute Gasteiger partial charge is 0.379 e. The van der Waals surface area contributed by atoms with E-state index in [1.54, 1.807) is 20.8 Å². The second-order valence-corrected chi connectivity index (χ2v) is 8.50. The van der Waals surface area contributed by atoms with Gasteiger partial charge in [0.05, 0.1) is 23.7 Å². The zero-order chi connectivity index (χ0) is 13.6. The lowest BCUT2D eigenvalue weighted by molar-refractivity contribution is 0.0385. The SMILES string of the molecule is CC(C)(C)S(=O)(=O)CCNCCN1CCOCC1. The van der Waals surface area contributed by atoms with Crippen molar-refractivity contribution in [1.29, 1.82) is 0 Å². The van der Waals surface area contributed by atoms with Crippen molar-refractivity contribution >= 4 is 9.84 Å². The second kappa shape index (κ2) is 6.84. The van der Waals surface area contributed by atoms with E-state index in [-0.39, 0.29) is 5.75 Å². The van der Waals surface area contributed by atoms with Crippen LogP contribution in [-0.2, 0) is 14.6 Å². The summed E-state index contributed by atoms with van der Waals surface area (Å²) < 4.78 is 28.3. The van der Waals surface area contributed by atoms with Gasteiger partial charge in [0.25, 0.3) is 0 Å². The number of rotatable bonds is 6. The van der Waals surface area contributed by atoms with Crippen molar-refractivity contribution in [1.82, 2.24) is 10.2 Å². The van der Waals surface area contributed by atoms with E-state index in [1.807, 2.05) is 0 Å². The Bertz CT molecular complexity index is 330. The minimum Gasteiger partial charge on any atom is -0.379 e. The molecule has 5 nitrogen and oxygen atoms in total. The molecular formula is C12H26N2O3S. The third-order valence-corrected chi connectivity index (χ3v) is 5.80. The highest BCUT2D eigenvalue weighted by molar-refractivity contribution is 7.92. The minimum absolute atomic E-state index is 0.208. The molecule has 0 amide bonds. The Kier molecular flexibility index (Phi) is 6.04. The summed E-state index contributed by atoms with van der Waals surface area (Å²) in [6, 6.07) is 0. The average molecular weight is 278 g/mol. The number of nitrogens with one attached hydrogen (secondary N) is 1. The molecule has 1 heterocycles. The normalized spacial score (nSPS) is 19.1. The Balaban J connectivity index is 2.11. The molecule has 0 bridgehead atoms. The molecule has 0 spiro atoms. The molecule has 0 atom stereocenters. The maximum absolute atomic E-state index is 11.8. The van der Waals surface area contributed by atoms with E-state index in [9.17, 15) is 8.42 Å². The van der Waals surface area contributed by atoms with Crippen molar-refractivity contribution in [2.45, 2.75) is 25.5 Å². The first-order chi connectivity index (χ1) is 8.33. The van der Waals surface area contributed by atoms with Gasteiger partial charge in [-0.3, -0.25) is 4.90 Å². The van der Waals surface area contributed by atoms with Gasteiger partial charge in [0.2, 0.25) is 0 Å². The maximum Gasteiger partial charge on any atom is 0.156 e. The van der Waals surface area contributed by atoms with Gasteiger partial charge in [-0.05, 0) is 20.8 Å². The Hall–Kier alpha value is -0.170. The highest BCUT2D eigenvalue weighted by Gasteiger charge is 2.27. The summed E-state index contributed by atoms with van der Waals surface area (Å²) in [7, 11) is -3.00. The predicted molar refractivity (Wildman–Crippen MR) is 73.7 cm³/mol. The van der Waals surface area contributed by atoms with Crippen molar-refractivity contribution in [2.24, 2.45) is 0 Å². The molecule has 0 aliphatic carbocycles. The fourth-order valence-corrected chi connectivity index (χ4v) is 2.73. The molecule has 1 saturated heterocycles. The monoisotopic (exact) mass is 278 g/mol. The lowest BCUT2D eigenvalue weighted by atomic mass is 10.3. The Morgan fingerprint density at radius 2 is 1.78 bits per heavy atom. The number of hydrogen-bond donors (Lipinski definition) is 1. The molecule has 6 heteroatoms. The van der Waals surface area contributed by atoms with E-state index in [0.29, 0.717) is 6.54 Å². The van der Waals surface area contributed by atoms with Crippen LogP contribution in [0.1, 0.15) is 20.8 Å². The van der Waals surface area contributed by atoms with Crippen LogP contribution in [0.5, 0.6) is 0 Å². The smallest absolute Gasteiger partial charge is 0.156 e. The fourth-order valence-electron chi connectivity index (χ4n) is 1.70. The third kappa shape index (κ3) is 5.22. The van der Waals surface area contributed by atoms with Crippen molar-refractivity contribution in [3.05, 3.63) is 0 Å². The number of sulfone groups is 1. The standard InChI is InChI=1S/C12H26N2O3S/c1-12(2,3)18(15,16)11-5-13-4-6-14-7-9-17-10-8-14/h13H,4-11H2,1-3H3. The van der Waals surface area contributed by atoms with E-state index in [2.05, 4.69) is 10.2 Å². The van der Waals surface area contributed by atoms with Crippen LogP contribution in [0.25, 0.3) is 0 Å². The van der Waals surface area contributed by atoms with Crippen LogP contribution in [0.2, 0.25) is 0 Å². The van der Waals surface area contributed by atoms with Gasteiger partial charge >= 0.3 is 0 Å². The molecule has 0 aromatic heterocycles. The van der Waals surface area contributed by atoms with Gasteiger partial charge in [0.15, 0.2) is 9.84 Å². The minimum atomic E-state index is -3.00.